The number of nitrogens with two attached hydrogens (primary N) is 1. The zero-order valence-electron chi connectivity index (χ0n) is 17.5. The second-order valence-electron chi connectivity index (χ2n) is 9.64. The number of carbonyl (C=O) groups excluding carboxylic acids is 1. The predicted molar refractivity (Wildman–Crippen MR) is 124 cm³/mol. The third kappa shape index (κ3) is 3.79. The fourth-order valence-electron chi connectivity index (χ4n) is 6.06. The van der Waals surface area contributed by atoms with Crippen LogP contribution >= 0.6 is 22.6 Å². The van der Waals surface area contributed by atoms with Crippen LogP contribution in [0, 0.1) is 17.8 Å². The third-order valence-electron chi connectivity index (χ3n) is 7.17. The zero-order chi connectivity index (χ0) is 20.8. The lowest BCUT2D eigenvalue weighted by Gasteiger charge is -2.51. The summed E-state index contributed by atoms with van der Waals surface area (Å²) in [7, 11) is 0. The number of hydrogen-bond acceptors (Lipinski definition) is 4. The number of rotatable bonds is 5. The molecule has 2 aliphatic heterocycles. The minimum absolute atomic E-state index is 0.0148. The van der Waals surface area contributed by atoms with Crippen molar-refractivity contribution in [2.24, 2.45) is 23.5 Å². The van der Waals surface area contributed by atoms with Gasteiger partial charge in [-0.25, -0.2) is 4.79 Å². The van der Waals surface area contributed by atoms with Crippen LogP contribution in [0.15, 0.2) is 36.4 Å². The van der Waals surface area contributed by atoms with Crippen molar-refractivity contribution < 1.29 is 14.3 Å². The van der Waals surface area contributed by atoms with Crippen molar-refractivity contribution in [1.82, 2.24) is 0 Å². The fraction of sp³-hybridized carbons (Fsp3) is 0.625. The van der Waals surface area contributed by atoms with Gasteiger partial charge in [-0.3, -0.25) is 0 Å². The molecule has 0 spiro atoms. The Morgan fingerprint density at radius 2 is 2.07 bits per heavy atom. The highest BCUT2D eigenvalue weighted by Gasteiger charge is 2.69. The Labute approximate surface area is 187 Å². The summed E-state index contributed by atoms with van der Waals surface area (Å²) in [5, 5.41) is 0. The number of carbonyl (C=O) groups is 1. The van der Waals surface area contributed by atoms with Crippen LogP contribution in [0.5, 0.6) is 0 Å². The Morgan fingerprint density at radius 3 is 2.76 bits per heavy atom. The third-order valence-corrected chi connectivity index (χ3v) is 8.63. The van der Waals surface area contributed by atoms with E-state index >= 15 is 0 Å². The summed E-state index contributed by atoms with van der Waals surface area (Å²) < 4.78 is 13.5. The molecule has 4 nitrogen and oxygen atoms in total. The highest BCUT2D eigenvalue weighted by Crippen LogP contribution is 2.61. The highest BCUT2D eigenvalue weighted by molar-refractivity contribution is 14.1. The molecule has 3 fully saturated rings. The number of benzene rings is 1. The van der Waals surface area contributed by atoms with Gasteiger partial charge in [-0.05, 0) is 56.1 Å². The standard InChI is InChI=1S/C24H32INO3/c1-15(2)13-24-14-19(26)23(3,29-24)17-10-11-18(25)21(17)22(24)28-20(27)12-9-16-7-5-4-6-8-16/h4-9,12,15,17-19,21-22H,10-11,13-14,26H2,1-3H3/b12-9+. The van der Waals surface area contributed by atoms with Gasteiger partial charge >= 0.3 is 5.97 Å². The van der Waals surface area contributed by atoms with E-state index in [2.05, 4.69) is 43.4 Å². The summed E-state index contributed by atoms with van der Waals surface area (Å²) >= 11 is 2.56. The Kier molecular flexibility index (Phi) is 5.86. The maximum Gasteiger partial charge on any atom is 0.331 e. The minimum Gasteiger partial charge on any atom is -0.456 e. The van der Waals surface area contributed by atoms with E-state index in [0.717, 1.165) is 31.2 Å². The summed E-state index contributed by atoms with van der Waals surface area (Å²) in [4.78, 5) is 12.8. The van der Waals surface area contributed by atoms with Crippen LogP contribution in [0.25, 0.3) is 6.08 Å². The van der Waals surface area contributed by atoms with Crippen molar-refractivity contribution >= 4 is 34.6 Å². The molecule has 5 heteroatoms. The number of fused-ring (bicyclic) bond motifs is 4. The Balaban J connectivity index is 1.63. The van der Waals surface area contributed by atoms with Gasteiger partial charge in [-0.1, -0.05) is 66.8 Å². The summed E-state index contributed by atoms with van der Waals surface area (Å²) in [5.41, 5.74) is 6.85. The predicted octanol–water partition coefficient (Wildman–Crippen LogP) is 4.75. The molecular formula is C24H32INO3. The van der Waals surface area contributed by atoms with Crippen LogP contribution in [0.4, 0.5) is 0 Å². The van der Waals surface area contributed by atoms with Gasteiger partial charge in [0.2, 0.25) is 0 Å². The quantitative estimate of drug-likeness (QED) is 0.270. The van der Waals surface area contributed by atoms with E-state index in [9.17, 15) is 4.79 Å². The van der Waals surface area contributed by atoms with Gasteiger partial charge in [0, 0.05) is 22.0 Å². The van der Waals surface area contributed by atoms with Crippen molar-refractivity contribution in [1.29, 1.82) is 0 Å². The number of ether oxygens (including phenoxy) is 2. The molecule has 7 unspecified atom stereocenters. The lowest BCUT2D eigenvalue weighted by molar-refractivity contribution is -0.244. The summed E-state index contributed by atoms with van der Waals surface area (Å²) in [6, 6.07) is 9.82. The second-order valence-corrected chi connectivity index (χ2v) is 11.2. The Hall–Kier alpha value is -0.920. The van der Waals surface area contributed by atoms with Crippen LogP contribution in [0.2, 0.25) is 0 Å². The van der Waals surface area contributed by atoms with Gasteiger partial charge in [-0.2, -0.15) is 0 Å². The monoisotopic (exact) mass is 509 g/mol. The summed E-state index contributed by atoms with van der Waals surface area (Å²) in [6.07, 6.45) is 6.98. The molecule has 0 amide bonds. The van der Waals surface area contributed by atoms with Gasteiger partial charge in [0.25, 0.3) is 0 Å². The van der Waals surface area contributed by atoms with Gasteiger partial charge in [0.1, 0.15) is 11.7 Å². The minimum atomic E-state index is -0.479. The number of esters is 1. The maximum atomic E-state index is 12.8. The summed E-state index contributed by atoms with van der Waals surface area (Å²) in [6.45, 7) is 6.60. The van der Waals surface area contributed by atoms with Gasteiger partial charge in [0.05, 0.1) is 5.60 Å². The number of alkyl halides is 1. The van der Waals surface area contributed by atoms with Crippen LogP contribution in [-0.2, 0) is 14.3 Å². The van der Waals surface area contributed by atoms with Gasteiger partial charge in [0.15, 0.2) is 0 Å². The SMILES string of the molecule is CC(C)CC12CC(N)C(C)(O1)C1CCC(I)C1C2OC(=O)/C=C/c1ccccc1. The highest BCUT2D eigenvalue weighted by atomic mass is 127. The summed E-state index contributed by atoms with van der Waals surface area (Å²) in [5.74, 6) is 0.800. The Morgan fingerprint density at radius 1 is 1.34 bits per heavy atom. The number of hydrogen-bond donors (Lipinski definition) is 1. The topological polar surface area (TPSA) is 61.6 Å². The van der Waals surface area contributed by atoms with Crippen molar-refractivity contribution in [2.75, 3.05) is 0 Å². The molecule has 2 saturated heterocycles. The largest absolute Gasteiger partial charge is 0.456 e. The fourth-order valence-corrected chi connectivity index (χ4v) is 7.30. The Bertz CT molecular complexity index is 782. The van der Waals surface area contributed by atoms with E-state index in [1.165, 1.54) is 0 Å². The van der Waals surface area contributed by atoms with Crippen LogP contribution in [0.1, 0.15) is 52.0 Å². The van der Waals surface area contributed by atoms with Crippen LogP contribution in [0.3, 0.4) is 0 Å². The van der Waals surface area contributed by atoms with Crippen molar-refractivity contribution in [2.45, 2.75) is 73.7 Å². The van der Waals surface area contributed by atoms with E-state index in [1.54, 1.807) is 6.08 Å². The molecule has 158 valence electrons. The molecule has 1 aromatic carbocycles. The molecule has 29 heavy (non-hydrogen) atoms. The molecule has 2 heterocycles. The first-order valence-electron chi connectivity index (χ1n) is 10.8. The molecule has 1 aliphatic carbocycles. The van der Waals surface area contributed by atoms with Crippen molar-refractivity contribution in [3.05, 3.63) is 42.0 Å². The normalized spacial score (nSPS) is 41.1. The molecule has 7 atom stereocenters. The van der Waals surface area contributed by atoms with E-state index < -0.39 is 5.60 Å². The molecule has 1 aromatic rings. The molecule has 2 N–H and O–H groups in total. The molecule has 0 aromatic heterocycles. The first-order valence-corrected chi connectivity index (χ1v) is 12.0. The maximum absolute atomic E-state index is 12.8. The molecule has 3 aliphatic rings. The lowest BCUT2D eigenvalue weighted by Crippen LogP contribution is -2.61. The lowest BCUT2D eigenvalue weighted by atomic mass is 9.72. The number of halogens is 1. The smallest absolute Gasteiger partial charge is 0.331 e. The molecule has 1 saturated carbocycles. The second kappa shape index (κ2) is 7.97. The van der Waals surface area contributed by atoms with Crippen LogP contribution < -0.4 is 5.73 Å². The average Bonchev–Trinajstić information content (AvgIpc) is 3.15. The average molecular weight is 509 g/mol. The first-order chi connectivity index (χ1) is 13.7. The zero-order valence-corrected chi connectivity index (χ0v) is 19.7. The van der Waals surface area contributed by atoms with Crippen molar-refractivity contribution in [3.8, 4) is 0 Å². The molecular weight excluding hydrogens is 477 g/mol. The van der Waals surface area contributed by atoms with E-state index in [-0.39, 0.29) is 23.7 Å². The molecule has 2 bridgehead atoms. The van der Waals surface area contributed by atoms with Crippen molar-refractivity contribution in [3.63, 3.8) is 0 Å². The van der Waals surface area contributed by atoms with Crippen LogP contribution in [-0.4, -0.2) is 33.2 Å². The molecule has 0 radical (unpaired) electrons. The van der Waals surface area contributed by atoms with E-state index in [0.29, 0.717) is 21.7 Å². The van der Waals surface area contributed by atoms with Gasteiger partial charge < -0.3 is 15.2 Å². The first kappa shape index (κ1) is 21.3. The molecule has 4 rings (SSSR count). The van der Waals surface area contributed by atoms with Gasteiger partial charge in [-0.15, -0.1) is 0 Å². The van der Waals surface area contributed by atoms with E-state index in [4.69, 9.17) is 15.2 Å². The van der Waals surface area contributed by atoms with E-state index in [1.807, 2.05) is 36.4 Å².